The Morgan fingerprint density at radius 3 is 2.43 bits per heavy atom. The molecule has 1 saturated heterocycles. The average Bonchev–Trinajstić information content (AvgIpc) is 3.44. The summed E-state index contributed by atoms with van der Waals surface area (Å²) in [6.07, 6.45) is 1.91. The highest BCUT2D eigenvalue weighted by Crippen LogP contribution is 2.50. The van der Waals surface area contributed by atoms with Crippen molar-refractivity contribution in [2.75, 3.05) is 18.4 Å². The van der Waals surface area contributed by atoms with Gasteiger partial charge in [0.2, 0.25) is 0 Å². The highest BCUT2D eigenvalue weighted by molar-refractivity contribution is 7.93. The molecule has 1 heterocycles. The lowest BCUT2D eigenvalue weighted by atomic mass is 9.90. The van der Waals surface area contributed by atoms with Crippen LogP contribution in [0.3, 0.4) is 0 Å². The minimum atomic E-state index is -3.69. The number of benzene rings is 2. The van der Waals surface area contributed by atoms with E-state index < -0.39 is 20.0 Å². The fraction of sp³-hybridized carbons (Fsp3) is 0.381. The lowest BCUT2D eigenvalue weighted by Gasteiger charge is -2.41. The Hall–Kier alpha value is -1.49. The van der Waals surface area contributed by atoms with E-state index >= 15 is 0 Å². The Labute approximate surface area is 191 Å². The van der Waals surface area contributed by atoms with E-state index in [-0.39, 0.29) is 10.9 Å². The van der Waals surface area contributed by atoms with Crippen LogP contribution in [0.4, 0.5) is 5.69 Å². The third kappa shape index (κ3) is 3.68. The Balaban J connectivity index is 1.96. The standard InChI is InChI=1S/C21H20Cl3N3O2S/c22-15-2-6-19(23)18(9-15)21(14-7-8-26-12-14,30(28,29)17-4-5-17)27-16-3-1-13(11-25)20(24)10-16/h1-3,6,9-10,14,17,26-27H,4-5,7-8,12H2/t14-,21?/m0/s1. The summed E-state index contributed by atoms with van der Waals surface area (Å²) < 4.78 is 28.0. The van der Waals surface area contributed by atoms with Crippen LogP contribution in [0.25, 0.3) is 0 Å². The number of hydrogen-bond acceptors (Lipinski definition) is 5. The number of anilines is 1. The molecule has 1 aliphatic carbocycles. The van der Waals surface area contributed by atoms with Crippen molar-refractivity contribution >= 4 is 50.3 Å². The molecular formula is C21H20Cl3N3O2S. The second kappa shape index (κ2) is 8.22. The van der Waals surface area contributed by atoms with Crippen molar-refractivity contribution < 1.29 is 8.42 Å². The summed E-state index contributed by atoms with van der Waals surface area (Å²) in [4.78, 5) is -1.48. The third-order valence-corrected chi connectivity index (χ3v) is 9.57. The van der Waals surface area contributed by atoms with Gasteiger partial charge in [0.25, 0.3) is 0 Å². The van der Waals surface area contributed by atoms with Gasteiger partial charge in [0, 0.05) is 33.8 Å². The predicted octanol–water partition coefficient (Wildman–Crippen LogP) is 4.97. The molecular weight excluding hydrogens is 465 g/mol. The molecule has 2 aromatic rings. The average molecular weight is 485 g/mol. The fourth-order valence-electron chi connectivity index (χ4n) is 4.17. The molecule has 4 rings (SSSR count). The van der Waals surface area contributed by atoms with Gasteiger partial charge in [0.05, 0.1) is 15.8 Å². The molecule has 2 fully saturated rings. The van der Waals surface area contributed by atoms with E-state index in [0.717, 1.165) is 0 Å². The van der Waals surface area contributed by atoms with Crippen molar-refractivity contribution in [2.45, 2.75) is 29.4 Å². The number of nitriles is 1. The molecule has 2 aliphatic rings. The molecule has 9 heteroatoms. The minimum absolute atomic E-state index is 0.252. The van der Waals surface area contributed by atoms with E-state index in [1.54, 1.807) is 36.4 Å². The van der Waals surface area contributed by atoms with E-state index in [4.69, 9.17) is 34.8 Å². The fourth-order valence-corrected chi connectivity index (χ4v) is 7.57. The molecule has 2 atom stereocenters. The van der Waals surface area contributed by atoms with Gasteiger partial charge in [0.15, 0.2) is 14.7 Å². The molecule has 0 amide bonds. The summed E-state index contributed by atoms with van der Waals surface area (Å²) in [5, 5.41) is 16.3. The van der Waals surface area contributed by atoms with Gasteiger partial charge in [-0.05, 0) is 62.2 Å². The zero-order valence-corrected chi connectivity index (χ0v) is 19.0. The first kappa shape index (κ1) is 21.7. The number of halogens is 3. The molecule has 158 valence electrons. The van der Waals surface area contributed by atoms with Crippen LogP contribution in [-0.2, 0) is 14.7 Å². The lowest BCUT2D eigenvalue weighted by Crippen LogP contribution is -2.52. The van der Waals surface area contributed by atoms with Gasteiger partial charge < -0.3 is 10.6 Å². The molecule has 0 bridgehead atoms. The smallest absolute Gasteiger partial charge is 0.181 e. The third-order valence-electron chi connectivity index (χ3n) is 5.80. The topological polar surface area (TPSA) is 82.0 Å². The van der Waals surface area contributed by atoms with Gasteiger partial charge in [-0.25, -0.2) is 8.42 Å². The summed E-state index contributed by atoms with van der Waals surface area (Å²) in [6, 6.07) is 11.8. The zero-order valence-electron chi connectivity index (χ0n) is 16.0. The van der Waals surface area contributed by atoms with Crippen LogP contribution in [0.15, 0.2) is 36.4 Å². The van der Waals surface area contributed by atoms with Gasteiger partial charge in [-0.15, -0.1) is 0 Å². The number of nitrogens with zero attached hydrogens (tertiary/aromatic N) is 1. The maximum atomic E-state index is 14.0. The first-order valence-electron chi connectivity index (χ1n) is 9.67. The van der Waals surface area contributed by atoms with E-state index in [1.165, 1.54) is 0 Å². The molecule has 2 aromatic carbocycles. The summed E-state index contributed by atoms with van der Waals surface area (Å²) in [7, 11) is -3.69. The van der Waals surface area contributed by atoms with Crippen LogP contribution in [0.1, 0.15) is 30.4 Å². The van der Waals surface area contributed by atoms with Crippen molar-refractivity contribution in [2.24, 2.45) is 5.92 Å². The van der Waals surface area contributed by atoms with Crippen LogP contribution in [0.5, 0.6) is 0 Å². The van der Waals surface area contributed by atoms with Gasteiger partial charge in [-0.3, -0.25) is 0 Å². The van der Waals surface area contributed by atoms with Crippen LogP contribution < -0.4 is 10.6 Å². The second-order valence-corrected chi connectivity index (χ2v) is 11.4. The van der Waals surface area contributed by atoms with Crippen LogP contribution in [0, 0.1) is 17.2 Å². The molecule has 30 heavy (non-hydrogen) atoms. The first-order valence-corrected chi connectivity index (χ1v) is 12.3. The first-order chi connectivity index (χ1) is 14.3. The van der Waals surface area contributed by atoms with Gasteiger partial charge in [0.1, 0.15) is 6.07 Å². The summed E-state index contributed by atoms with van der Waals surface area (Å²) in [5.74, 6) is -0.270. The lowest BCUT2D eigenvalue weighted by molar-refractivity contribution is 0.418. The summed E-state index contributed by atoms with van der Waals surface area (Å²) in [5.41, 5.74) is 1.27. The molecule has 1 saturated carbocycles. The Morgan fingerprint density at radius 1 is 1.07 bits per heavy atom. The quantitative estimate of drug-likeness (QED) is 0.605. The van der Waals surface area contributed by atoms with E-state index in [1.807, 2.05) is 6.07 Å². The van der Waals surface area contributed by atoms with E-state index in [0.29, 0.717) is 59.2 Å². The molecule has 1 aliphatic heterocycles. The largest absolute Gasteiger partial charge is 0.363 e. The maximum absolute atomic E-state index is 14.0. The number of hydrogen-bond donors (Lipinski definition) is 2. The highest BCUT2D eigenvalue weighted by Gasteiger charge is 2.58. The Kier molecular flexibility index (Phi) is 5.95. The van der Waals surface area contributed by atoms with Crippen molar-refractivity contribution in [3.8, 4) is 6.07 Å². The van der Waals surface area contributed by atoms with Gasteiger partial charge in [-0.2, -0.15) is 5.26 Å². The number of sulfone groups is 1. The van der Waals surface area contributed by atoms with E-state index in [2.05, 4.69) is 10.6 Å². The zero-order chi connectivity index (χ0) is 21.5. The van der Waals surface area contributed by atoms with Crippen molar-refractivity contribution in [1.29, 1.82) is 5.26 Å². The predicted molar refractivity (Wildman–Crippen MR) is 121 cm³/mol. The van der Waals surface area contributed by atoms with Gasteiger partial charge in [-0.1, -0.05) is 34.8 Å². The SMILES string of the molecule is N#Cc1ccc(NC(c2cc(Cl)ccc2Cl)([C@H]2CCNC2)S(=O)(=O)C2CC2)cc1Cl. The maximum Gasteiger partial charge on any atom is 0.181 e. The number of rotatable bonds is 6. The summed E-state index contributed by atoms with van der Waals surface area (Å²) in [6.45, 7) is 1.23. The second-order valence-electron chi connectivity index (χ2n) is 7.73. The number of nitrogens with one attached hydrogen (secondary N) is 2. The molecule has 0 radical (unpaired) electrons. The molecule has 5 nitrogen and oxygen atoms in total. The van der Waals surface area contributed by atoms with Crippen LogP contribution in [-0.4, -0.2) is 26.8 Å². The molecule has 1 unspecified atom stereocenters. The van der Waals surface area contributed by atoms with Crippen molar-refractivity contribution in [3.05, 3.63) is 62.6 Å². The van der Waals surface area contributed by atoms with Crippen molar-refractivity contribution in [3.63, 3.8) is 0 Å². The highest BCUT2D eigenvalue weighted by atomic mass is 35.5. The molecule has 0 spiro atoms. The molecule has 0 aromatic heterocycles. The van der Waals surface area contributed by atoms with Crippen LogP contribution in [0.2, 0.25) is 15.1 Å². The normalized spacial score (nSPS) is 21.1. The van der Waals surface area contributed by atoms with Crippen molar-refractivity contribution in [1.82, 2.24) is 5.32 Å². The van der Waals surface area contributed by atoms with Gasteiger partial charge >= 0.3 is 0 Å². The Morgan fingerprint density at radius 2 is 1.83 bits per heavy atom. The van der Waals surface area contributed by atoms with Crippen LogP contribution >= 0.6 is 34.8 Å². The van der Waals surface area contributed by atoms with E-state index in [9.17, 15) is 13.7 Å². The molecule has 2 N–H and O–H groups in total. The minimum Gasteiger partial charge on any atom is -0.363 e. The Bertz CT molecular complexity index is 1120. The monoisotopic (exact) mass is 483 g/mol. The summed E-state index contributed by atoms with van der Waals surface area (Å²) >= 11 is 19.1.